The number of likely N-dealkylation sites (tertiary alicyclic amines) is 1. The van der Waals surface area contributed by atoms with E-state index in [4.69, 9.17) is 16.9 Å². The summed E-state index contributed by atoms with van der Waals surface area (Å²) in [6, 6.07) is 1.57. The van der Waals surface area contributed by atoms with E-state index in [0.717, 1.165) is 16.8 Å². The maximum atomic E-state index is 13.3. The zero-order valence-corrected chi connectivity index (χ0v) is 16.4. The first-order chi connectivity index (χ1) is 12.7. The molecule has 1 aromatic heterocycles. The number of rotatable bonds is 2. The van der Waals surface area contributed by atoms with Crippen molar-refractivity contribution in [3.8, 4) is 6.07 Å². The van der Waals surface area contributed by atoms with Crippen LogP contribution in [-0.2, 0) is 22.6 Å². The number of aromatic nitrogens is 1. The minimum Gasteiger partial charge on any atom is -0.338 e. The van der Waals surface area contributed by atoms with Crippen LogP contribution in [0.25, 0.3) is 5.57 Å². The van der Waals surface area contributed by atoms with Gasteiger partial charge >= 0.3 is 0 Å². The summed E-state index contributed by atoms with van der Waals surface area (Å²) in [5.41, 5.74) is 2.73. The van der Waals surface area contributed by atoms with E-state index >= 15 is 0 Å². The molecule has 7 heteroatoms. The van der Waals surface area contributed by atoms with Gasteiger partial charge in [0.15, 0.2) is 0 Å². The van der Waals surface area contributed by atoms with E-state index in [9.17, 15) is 9.59 Å². The fourth-order valence-corrected chi connectivity index (χ4v) is 4.39. The molecule has 1 aliphatic carbocycles. The predicted octanol–water partition coefficient (Wildman–Crippen LogP) is 2.41. The van der Waals surface area contributed by atoms with Gasteiger partial charge in [0.1, 0.15) is 6.04 Å². The van der Waals surface area contributed by atoms with Crippen molar-refractivity contribution in [1.29, 1.82) is 5.26 Å². The normalized spacial score (nSPS) is 20.0. The lowest BCUT2D eigenvalue weighted by molar-refractivity contribution is -0.152. The topological polar surface area (TPSA) is 77.3 Å². The number of nitrogens with zero attached hydrogens (tertiary/aromatic N) is 4. The van der Waals surface area contributed by atoms with Crippen molar-refractivity contribution in [1.82, 2.24) is 14.8 Å². The van der Waals surface area contributed by atoms with E-state index in [0.29, 0.717) is 36.7 Å². The fraction of sp³-hybridized carbons (Fsp3) is 0.500. The van der Waals surface area contributed by atoms with Gasteiger partial charge in [-0.15, -0.1) is 0 Å². The van der Waals surface area contributed by atoms with Crippen LogP contribution < -0.4 is 0 Å². The van der Waals surface area contributed by atoms with Gasteiger partial charge < -0.3 is 9.80 Å². The first-order valence-corrected chi connectivity index (χ1v) is 9.46. The van der Waals surface area contributed by atoms with Crippen LogP contribution in [0.4, 0.5) is 0 Å². The third-order valence-electron chi connectivity index (χ3n) is 5.54. The molecule has 1 aromatic rings. The van der Waals surface area contributed by atoms with Gasteiger partial charge in [-0.3, -0.25) is 14.6 Å². The largest absolute Gasteiger partial charge is 0.338 e. The van der Waals surface area contributed by atoms with Crippen molar-refractivity contribution in [2.24, 2.45) is 11.3 Å². The molecule has 0 N–H and O–H groups in total. The lowest BCUT2D eigenvalue weighted by atomic mass is 9.81. The fourth-order valence-electron chi connectivity index (χ4n) is 4.18. The number of allylic oxidation sites excluding steroid dienone is 1. The number of hydrogen-bond donors (Lipinski definition) is 0. The minimum atomic E-state index is -0.619. The van der Waals surface area contributed by atoms with Gasteiger partial charge in [0.05, 0.1) is 22.7 Å². The molecule has 0 saturated carbocycles. The average Bonchev–Trinajstić information content (AvgIpc) is 2.97. The van der Waals surface area contributed by atoms with E-state index in [2.05, 4.69) is 11.1 Å². The Morgan fingerprint density at radius 2 is 2.11 bits per heavy atom. The van der Waals surface area contributed by atoms with E-state index in [1.807, 2.05) is 26.8 Å². The number of pyridine rings is 1. The third kappa shape index (κ3) is 2.72. The number of amides is 2. The SMILES string of the molecule is CC(C)(C)[C@H](C(=O)N1CC(C#N)C1)N1Cc2c(Cl)cnc3c2C(=CC3)C1=O. The van der Waals surface area contributed by atoms with Gasteiger partial charge in [0.2, 0.25) is 5.91 Å². The Kier molecular flexibility index (Phi) is 4.04. The molecular formula is C20H21ClN4O2. The molecule has 0 bridgehead atoms. The Labute approximate surface area is 163 Å². The van der Waals surface area contributed by atoms with Crippen LogP contribution in [0.2, 0.25) is 5.02 Å². The summed E-state index contributed by atoms with van der Waals surface area (Å²) >= 11 is 6.40. The summed E-state index contributed by atoms with van der Waals surface area (Å²) in [5.74, 6) is -0.362. The van der Waals surface area contributed by atoms with Crippen LogP contribution in [0, 0.1) is 22.7 Å². The molecule has 2 amide bonds. The van der Waals surface area contributed by atoms with E-state index < -0.39 is 11.5 Å². The highest BCUT2D eigenvalue weighted by Crippen LogP contribution is 2.41. The number of nitriles is 1. The monoisotopic (exact) mass is 384 g/mol. The minimum absolute atomic E-state index is 0.102. The maximum absolute atomic E-state index is 13.3. The summed E-state index contributed by atoms with van der Waals surface area (Å²) in [6.07, 6.45) is 4.12. The lowest BCUT2D eigenvalue weighted by Gasteiger charge is -2.46. The second-order valence-electron chi connectivity index (χ2n) is 8.50. The van der Waals surface area contributed by atoms with Crippen molar-refractivity contribution in [2.75, 3.05) is 13.1 Å². The van der Waals surface area contributed by atoms with Gasteiger partial charge in [0.25, 0.3) is 5.91 Å². The molecule has 3 heterocycles. The molecular weight excluding hydrogens is 364 g/mol. The highest BCUT2D eigenvalue weighted by atomic mass is 35.5. The zero-order valence-electron chi connectivity index (χ0n) is 15.6. The van der Waals surface area contributed by atoms with Crippen LogP contribution in [0.15, 0.2) is 12.3 Å². The van der Waals surface area contributed by atoms with E-state index in [-0.39, 0.29) is 17.7 Å². The van der Waals surface area contributed by atoms with Crippen LogP contribution >= 0.6 is 11.6 Å². The molecule has 27 heavy (non-hydrogen) atoms. The second-order valence-corrected chi connectivity index (χ2v) is 8.91. The van der Waals surface area contributed by atoms with Gasteiger partial charge in [0, 0.05) is 49.0 Å². The Hall–Kier alpha value is -2.39. The lowest BCUT2D eigenvalue weighted by Crippen LogP contribution is -2.61. The second kappa shape index (κ2) is 6.07. The molecule has 4 rings (SSSR count). The summed E-state index contributed by atoms with van der Waals surface area (Å²) in [5, 5.41) is 9.53. The summed E-state index contributed by atoms with van der Waals surface area (Å²) in [7, 11) is 0. The van der Waals surface area contributed by atoms with Crippen molar-refractivity contribution < 1.29 is 9.59 Å². The number of hydrogen-bond acceptors (Lipinski definition) is 4. The zero-order chi connectivity index (χ0) is 19.5. The van der Waals surface area contributed by atoms with Crippen molar-refractivity contribution >= 4 is 29.0 Å². The van der Waals surface area contributed by atoms with Gasteiger partial charge in [-0.25, -0.2) is 0 Å². The third-order valence-corrected chi connectivity index (χ3v) is 5.87. The Morgan fingerprint density at radius 1 is 1.41 bits per heavy atom. The summed E-state index contributed by atoms with van der Waals surface area (Å²) < 4.78 is 0. The highest BCUT2D eigenvalue weighted by molar-refractivity contribution is 6.32. The van der Waals surface area contributed by atoms with Crippen molar-refractivity contribution in [3.05, 3.63) is 34.1 Å². The maximum Gasteiger partial charge on any atom is 0.255 e. The number of carbonyl (C=O) groups is 2. The molecule has 2 aliphatic heterocycles. The van der Waals surface area contributed by atoms with E-state index in [1.54, 1.807) is 16.0 Å². The Morgan fingerprint density at radius 3 is 2.74 bits per heavy atom. The molecule has 1 atom stereocenters. The number of halogens is 1. The van der Waals surface area contributed by atoms with Crippen molar-refractivity contribution in [3.63, 3.8) is 0 Å². The summed E-state index contributed by atoms with van der Waals surface area (Å²) in [4.78, 5) is 34.2. The van der Waals surface area contributed by atoms with Gasteiger partial charge in [-0.1, -0.05) is 38.4 Å². The Balaban J connectivity index is 1.72. The summed E-state index contributed by atoms with van der Waals surface area (Å²) in [6.45, 7) is 7.03. The molecule has 6 nitrogen and oxygen atoms in total. The number of carbonyl (C=O) groups excluding carboxylic acids is 2. The molecule has 3 aliphatic rings. The molecule has 1 saturated heterocycles. The van der Waals surface area contributed by atoms with E-state index in [1.165, 1.54) is 0 Å². The molecule has 1 fully saturated rings. The molecule has 0 unspecified atom stereocenters. The van der Waals surface area contributed by atoms with Crippen molar-refractivity contribution in [2.45, 2.75) is 39.8 Å². The van der Waals surface area contributed by atoms with Gasteiger partial charge in [-0.2, -0.15) is 5.26 Å². The molecule has 0 radical (unpaired) electrons. The van der Waals surface area contributed by atoms with Crippen LogP contribution in [0.5, 0.6) is 0 Å². The predicted molar refractivity (Wildman–Crippen MR) is 100 cm³/mol. The smallest absolute Gasteiger partial charge is 0.255 e. The average molecular weight is 385 g/mol. The highest BCUT2D eigenvalue weighted by Gasteiger charge is 2.47. The van der Waals surface area contributed by atoms with Crippen LogP contribution in [0.1, 0.15) is 37.6 Å². The molecule has 140 valence electrons. The molecule has 0 aromatic carbocycles. The van der Waals surface area contributed by atoms with Crippen LogP contribution in [0.3, 0.4) is 0 Å². The van der Waals surface area contributed by atoms with Crippen LogP contribution in [-0.4, -0.2) is 45.7 Å². The Bertz CT molecular complexity index is 919. The van der Waals surface area contributed by atoms with Gasteiger partial charge in [-0.05, 0) is 5.41 Å². The first kappa shape index (κ1) is 18.0. The standard InChI is InChI=1S/C20H21ClN4O2/c1-20(2,3)17(19(27)24-8-11(6-22)9-24)25-10-13-14(21)7-23-15-5-4-12(16(13)15)18(25)26/h4,7,11,17H,5,8-10H2,1-3H3/t17-/m0/s1. The quantitative estimate of drug-likeness (QED) is 0.784. The first-order valence-electron chi connectivity index (χ1n) is 9.08. The molecule has 0 spiro atoms.